The number of rotatable bonds is 13. The number of hydrogen-bond acceptors (Lipinski definition) is 7. The van der Waals surface area contributed by atoms with E-state index >= 15 is 0 Å². The molecule has 2 aromatic rings. The van der Waals surface area contributed by atoms with Gasteiger partial charge >= 0.3 is 0 Å². The first-order chi connectivity index (χ1) is 14.6. The van der Waals surface area contributed by atoms with E-state index in [1.807, 2.05) is 18.2 Å². The molecule has 1 aromatic carbocycles. The molecule has 1 amide bonds. The number of unbranched alkanes of at least 4 members (excludes halogenated alkanes) is 2. The van der Waals surface area contributed by atoms with Gasteiger partial charge in [0.1, 0.15) is 16.6 Å². The molecule has 0 unspecified atom stereocenters. The summed E-state index contributed by atoms with van der Waals surface area (Å²) < 4.78 is 0. The molecular formula is C20H23N5O3S2. The summed E-state index contributed by atoms with van der Waals surface area (Å²) >= 11 is 0. The third-order valence-corrected chi connectivity index (χ3v) is 6.32. The number of Topliss-reactive ketones (excluding diaryl/α,β-unsaturated/α-hetero) is 1. The van der Waals surface area contributed by atoms with E-state index in [-0.39, 0.29) is 22.8 Å². The first-order valence-corrected chi connectivity index (χ1v) is 11.8. The van der Waals surface area contributed by atoms with E-state index in [1.165, 1.54) is 18.2 Å². The van der Waals surface area contributed by atoms with Crippen LogP contribution in [0.3, 0.4) is 0 Å². The second-order valence-corrected chi connectivity index (χ2v) is 8.76. The summed E-state index contributed by atoms with van der Waals surface area (Å²) in [6, 6.07) is 9.88. The van der Waals surface area contributed by atoms with Gasteiger partial charge in [0.15, 0.2) is 0 Å². The lowest BCUT2D eigenvalue weighted by molar-refractivity contribution is -0.118. The zero-order valence-corrected chi connectivity index (χ0v) is 18.0. The Morgan fingerprint density at radius 3 is 2.77 bits per heavy atom. The van der Waals surface area contributed by atoms with Crippen molar-refractivity contribution in [2.75, 3.05) is 12.3 Å². The van der Waals surface area contributed by atoms with Crippen molar-refractivity contribution in [2.24, 2.45) is 5.11 Å². The first-order valence-electron chi connectivity index (χ1n) is 9.48. The smallest absolute Gasteiger partial charge is 0.255 e. The molecule has 0 radical (unpaired) electrons. The fourth-order valence-electron chi connectivity index (χ4n) is 2.53. The Hall–Kier alpha value is -2.68. The van der Waals surface area contributed by atoms with Crippen molar-refractivity contribution in [3.05, 3.63) is 58.6 Å². The zero-order chi connectivity index (χ0) is 21.6. The van der Waals surface area contributed by atoms with Crippen LogP contribution < -0.4 is 5.32 Å². The Kier molecular flexibility index (Phi) is 10.6. The minimum atomic E-state index is -0.390. The van der Waals surface area contributed by atoms with Gasteiger partial charge < -0.3 is 10.4 Å². The van der Waals surface area contributed by atoms with Gasteiger partial charge in [-0.1, -0.05) is 34.5 Å². The summed E-state index contributed by atoms with van der Waals surface area (Å²) in [5.41, 5.74) is 8.75. The Balaban J connectivity index is 1.53. The molecule has 0 saturated carbocycles. The van der Waals surface area contributed by atoms with Gasteiger partial charge in [-0.2, -0.15) is 0 Å². The summed E-state index contributed by atoms with van der Waals surface area (Å²) in [4.78, 5) is 30.9. The number of pyridine rings is 1. The summed E-state index contributed by atoms with van der Waals surface area (Å²) in [7, 11) is 3.21. The van der Waals surface area contributed by atoms with Crippen LogP contribution in [-0.2, 0) is 4.79 Å². The van der Waals surface area contributed by atoms with Gasteiger partial charge in [-0.15, -0.1) is 0 Å². The highest BCUT2D eigenvalue weighted by molar-refractivity contribution is 8.76. The monoisotopic (exact) mass is 445 g/mol. The number of phenols is 1. The van der Waals surface area contributed by atoms with E-state index in [1.54, 1.807) is 27.8 Å². The largest absolute Gasteiger partial charge is 0.507 e. The highest BCUT2D eigenvalue weighted by Crippen LogP contribution is 2.29. The van der Waals surface area contributed by atoms with E-state index in [9.17, 15) is 14.7 Å². The van der Waals surface area contributed by atoms with Crippen molar-refractivity contribution < 1.29 is 14.7 Å². The number of carbonyl (C=O) groups excluding carboxylic acids is 2. The Labute approximate surface area is 182 Å². The lowest BCUT2D eigenvalue weighted by atomic mass is 10.1. The third kappa shape index (κ3) is 8.77. The summed E-state index contributed by atoms with van der Waals surface area (Å²) in [6.07, 6.45) is 5.22. The van der Waals surface area contributed by atoms with E-state index in [4.69, 9.17) is 5.53 Å². The van der Waals surface area contributed by atoms with Gasteiger partial charge in [0, 0.05) is 41.9 Å². The van der Waals surface area contributed by atoms with Crippen LogP contribution in [0.15, 0.2) is 52.7 Å². The molecule has 10 heteroatoms. The van der Waals surface area contributed by atoms with E-state index < -0.39 is 5.91 Å². The van der Waals surface area contributed by atoms with Crippen molar-refractivity contribution in [2.45, 2.75) is 37.1 Å². The maximum absolute atomic E-state index is 12.1. The number of ketones is 1. The molecule has 2 N–H and O–H groups in total. The summed E-state index contributed by atoms with van der Waals surface area (Å²) in [5, 5.41) is 16.9. The van der Waals surface area contributed by atoms with Crippen LogP contribution in [0.5, 0.6) is 5.75 Å². The van der Waals surface area contributed by atoms with Crippen molar-refractivity contribution >= 4 is 39.0 Å². The molecule has 30 heavy (non-hydrogen) atoms. The van der Waals surface area contributed by atoms with Gasteiger partial charge in [0.2, 0.25) is 0 Å². The molecule has 0 aliphatic rings. The van der Waals surface area contributed by atoms with Crippen LogP contribution >= 0.6 is 21.6 Å². The van der Waals surface area contributed by atoms with E-state index in [2.05, 4.69) is 20.3 Å². The van der Waals surface area contributed by atoms with Crippen molar-refractivity contribution in [1.29, 1.82) is 0 Å². The molecule has 0 aliphatic carbocycles. The maximum atomic E-state index is 12.1. The second kappa shape index (κ2) is 13.5. The first kappa shape index (κ1) is 23.6. The normalized spacial score (nSPS) is 10.3. The Morgan fingerprint density at radius 1 is 1.17 bits per heavy atom. The van der Waals surface area contributed by atoms with Gasteiger partial charge in [-0.3, -0.25) is 9.59 Å². The van der Waals surface area contributed by atoms with Crippen LogP contribution in [-0.4, -0.2) is 34.1 Å². The molecule has 0 bridgehead atoms. The molecule has 1 aromatic heterocycles. The van der Waals surface area contributed by atoms with E-state index in [0.717, 1.165) is 30.0 Å². The molecule has 0 fully saturated rings. The minimum absolute atomic E-state index is 0.128. The molecule has 2 rings (SSSR count). The highest BCUT2D eigenvalue weighted by atomic mass is 33.1. The lowest BCUT2D eigenvalue weighted by Gasteiger charge is -2.07. The fraction of sp³-hybridized carbons (Fsp3) is 0.350. The van der Waals surface area contributed by atoms with Gasteiger partial charge in [-0.25, -0.2) is 4.98 Å². The molecular weight excluding hydrogens is 422 g/mol. The van der Waals surface area contributed by atoms with Crippen LogP contribution in [0.2, 0.25) is 0 Å². The Morgan fingerprint density at radius 2 is 2.03 bits per heavy atom. The lowest BCUT2D eigenvalue weighted by Crippen LogP contribution is -2.24. The topological polar surface area (TPSA) is 128 Å². The van der Waals surface area contributed by atoms with Crippen molar-refractivity contribution in [3.63, 3.8) is 0 Å². The van der Waals surface area contributed by atoms with E-state index in [0.29, 0.717) is 19.4 Å². The standard InChI is InChI=1S/C20H23N5O3S2/c21-25-24-15-8-9-17(18(27)14-15)20(28)23-12-4-1-2-6-16(26)10-13-29-30-19-7-3-5-11-22-19/h3,5,7-9,11,14,27H,1-2,4,6,10,12-13H2,(H,23,28). The number of aromatic nitrogens is 1. The Bertz CT molecular complexity index is 889. The van der Waals surface area contributed by atoms with Crippen molar-refractivity contribution in [3.8, 4) is 5.75 Å². The molecule has 158 valence electrons. The third-order valence-electron chi connectivity index (χ3n) is 4.05. The average Bonchev–Trinajstić information content (AvgIpc) is 2.74. The number of amides is 1. The number of benzene rings is 1. The number of nitrogens with zero attached hydrogens (tertiary/aromatic N) is 4. The fourth-order valence-corrected chi connectivity index (χ4v) is 4.44. The number of azide groups is 1. The summed E-state index contributed by atoms with van der Waals surface area (Å²) in [5.74, 6) is 0.386. The molecule has 0 saturated heterocycles. The van der Waals surface area contributed by atoms with Crippen molar-refractivity contribution in [1.82, 2.24) is 10.3 Å². The van der Waals surface area contributed by atoms with Crippen LogP contribution in [0.4, 0.5) is 5.69 Å². The number of nitrogens with one attached hydrogen (secondary N) is 1. The number of carbonyl (C=O) groups is 2. The summed E-state index contributed by atoms with van der Waals surface area (Å²) in [6.45, 7) is 0.459. The van der Waals surface area contributed by atoms with Crippen LogP contribution in [0.1, 0.15) is 42.5 Å². The number of phenolic OH excluding ortho intramolecular Hbond substituents is 1. The quantitative estimate of drug-likeness (QED) is 0.139. The average molecular weight is 446 g/mol. The second-order valence-electron chi connectivity index (χ2n) is 6.32. The molecule has 0 atom stereocenters. The number of hydrogen-bond donors (Lipinski definition) is 2. The van der Waals surface area contributed by atoms with Gasteiger partial charge in [0.05, 0.1) is 5.56 Å². The van der Waals surface area contributed by atoms with Gasteiger partial charge in [0.25, 0.3) is 5.91 Å². The maximum Gasteiger partial charge on any atom is 0.255 e. The molecule has 0 aliphatic heterocycles. The molecule has 0 spiro atoms. The minimum Gasteiger partial charge on any atom is -0.507 e. The SMILES string of the molecule is [N-]=[N+]=Nc1ccc(C(=O)NCCCCCC(=O)CCSSc2ccccn2)c(O)c1. The zero-order valence-electron chi connectivity index (χ0n) is 16.4. The highest BCUT2D eigenvalue weighted by Gasteiger charge is 2.11. The molecule has 1 heterocycles. The molecule has 8 nitrogen and oxygen atoms in total. The predicted molar refractivity (Wildman–Crippen MR) is 120 cm³/mol. The van der Waals surface area contributed by atoms with Gasteiger partial charge in [-0.05, 0) is 53.4 Å². The number of aromatic hydroxyl groups is 1. The predicted octanol–water partition coefficient (Wildman–Crippen LogP) is 5.42. The van der Waals surface area contributed by atoms with Crippen LogP contribution in [0, 0.1) is 0 Å². The van der Waals surface area contributed by atoms with Crippen LogP contribution in [0.25, 0.3) is 10.4 Å².